The van der Waals surface area contributed by atoms with E-state index in [4.69, 9.17) is 11.6 Å². The molecule has 0 aliphatic heterocycles. The molecule has 0 radical (unpaired) electrons. The van der Waals surface area contributed by atoms with Gasteiger partial charge in [0.25, 0.3) is 0 Å². The molecule has 16 heavy (non-hydrogen) atoms. The monoisotopic (exact) mass is 262 g/mol. The second kappa shape index (κ2) is 4.73. The Balaban J connectivity index is 3.18. The van der Waals surface area contributed by atoms with Crippen LogP contribution in [0.5, 0.6) is 0 Å². The number of hydrogen-bond donors (Lipinski definition) is 1. The Bertz CT molecular complexity index is 444. The fraction of sp³-hybridized carbons (Fsp3) is 0.455. The molecule has 0 saturated heterocycles. The molecule has 0 spiro atoms. The first-order valence-corrected chi connectivity index (χ1v) is 7.21. The summed E-state index contributed by atoms with van der Waals surface area (Å²) in [4.78, 5) is 0. The smallest absolute Gasteiger partial charge is 0.174 e. The van der Waals surface area contributed by atoms with E-state index in [0.717, 1.165) is 6.26 Å². The highest BCUT2D eigenvalue weighted by Gasteiger charge is 2.44. The minimum Gasteiger partial charge on any atom is -0.385 e. The Labute approximate surface area is 101 Å². The summed E-state index contributed by atoms with van der Waals surface area (Å²) in [5.74, 6) is 0. The Kier molecular flexibility index (Phi) is 3.99. The van der Waals surface area contributed by atoms with Gasteiger partial charge in [0, 0.05) is 6.26 Å². The molecule has 0 aromatic heterocycles. The largest absolute Gasteiger partial charge is 0.385 e. The van der Waals surface area contributed by atoms with Gasteiger partial charge in [-0.2, -0.15) is 0 Å². The SMILES string of the molecule is CC[C@@](Cl)([C@@H](O)c1ccccc1)S(C)(=O)=O. The zero-order valence-corrected chi connectivity index (χ0v) is 10.8. The van der Waals surface area contributed by atoms with E-state index in [0.29, 0.717) is 5.56 Å². The highest BCUT2D eigenvalue weighted by atomic mass is 35.5. The molecule has 0 aliphatic carbocycles. The van der Waals surface area contributed by atoms with E-state index in [2.05, 4.69) is 0 Å². The van der Waals surface area contributed by atoms with Crippen molar-refractivity contribution in [3.8, 4) is 0 Å². The molecule has 5 heteroatoms. The lowest BCUT2D eigenvalue weighted by Crippen LogP contribution is -2.37. The minimum atomic E-state index is -3.55. The number of hydrogen-bond acceptors (Lipinski definition) is 3. The third-order valence-corrected chi connectivity index (χ3v) is 5.68. The first-order chi connectivity index (χ1) is 7.33. The second-order valence-electron chi connectivity index (χ2n) is 3.73. The molecule has 0 saturated carbocycles. The van der Waals surface area contributed by atoms with Gasteiger partial charge in [-0.05, 0) is 12.0 Å². The van der Waals surface area contributed by atoms with E-state index in [9.17, 15) is 13.5 Å². The van der Waals surface area contributed by atoms with Gasteiger partial charge in [-0.25, -0.2) is 8.42 Å². The zero-order valence-electron chi connectivity index (χ0n) is 9.22. The normalized spacial score (nSPS) is 17.8. The average molecular weight is 263 g/mol. The van der Waals surface area contributed by atoms with Crippen molar-refractivity contribution in [2.75, 3.05) is 6.26 Å². The average Bonchev–Trinajstić information content (AvgIpc) is 2.26. The number of halogens is 1. The van der Waals surface area contributed by atoms with Crippen LogP contribution in [0.15, 0.2) is 30.3 Å². The minimum absolute atomic E-state index is 0.142. The molecule has 0 unspecified atom stereocenters. The summed E-state index contributed by atoms with van der Waals surface area (Å²) in [5.41, 5.74) is 0.504. The molecule has 1 aromatic rings. The molecule has 2 atom stereocenters. The number of alkyl halides is 1. The van der Waals surface area contributed by atoms with Gasteiger partial charge in [0.2, 0.25) is 0 Å². The predicted octanol–water partition coefficient (Wildman–Crippen LogP) is 2.11. The second-order valence-corrected chi connectivity index (χ2v) is 6.90. The zero-order chi connectivity index (χ0) is 12.4. The van der Waals surface area contributed by atoms with Crippen LogP contribution in [0.25, 0.3) is 0 Å². The summed E-state index contributed by atoms with van der Waals surface area (Å²) in [6.45, 7) is 1.64. The van der Waals surface area contributed by atoms with E-state index in [-0.39, 0.29) is 6.42 Å². The van der Waals surface area contributed by atoms with Crippen molar-refractivity contribution in [3.63, 3.8) is 0 Å². The van der Waals surface area contributed by atoms with Crippen molar-refractivity contribution in [1.82, 2.24) is 0 Å². The molecule has 90 valence electrons. The lowest BCUT2D eigenvalue weighted by molar-refractivity contribution is 0.155. The van der Waals surface area contributed by atoms with Crippen LogP contribution in [0.3, 0.4) is 0 Å². The van der Waals surface area contributed by atoms with Crippen LogP contribution in [0, 0.1) is 0 Å². The Hall–Kier alpha value is -0.580. The summed E-state index contributed by atoms with van der Waals surface area (Å²) >= 11 is 6.05. The molecular formula is C11H15ClO3S. The predicted molar refractivity (Wildman–Crippen MR) is 65.1 cm³/mol. The van der Waals surface area contributed by atoms with E-state index in [1.807, 2.05) is 0 Å². The lowest BCUT2D eigenvalue weighted by Gasteiger charge is -2.29. The highest BCUT2D eigenvalue weighted by Crippen LogP contribution is 2.39. The molecule has 1 N–H and O–H groups in total. The number of rotatable bonds is 4. The maximum absolute atomic E-state index is 11.6. The molecule has 0 fully saturated rings. The number of aliphatic hydroxyl groups excluding tert-OH is 1. The fourth-order valence-corrected chi connectivity index (χ4v) is 2.73. The maximum atomic E-state index is 11.6. The van der Waals surface area contributed by atoms with Crippen LogP contribution >= 0.6 is 11.6 Å². The Morgan fingerprint density at radius 2 is 1.88 bits per heavy atom. The Morgan fingerprint density at radius 1 is 1.38 bits per heavy atom. The number of aliphatic hydroxyl groups is 1. The van der Waals surface area contributed by atoms with Crippen LogP contribution in [-0.4, -0.2) is 24.0 Å². The van der Waals surface area contributed by atoms with Gasteiger partial charge >= 0.3 is 0 Å². The number of sulfone groups is 1. The third-order valence-electron chi connectivity index (χ3n) is 2.62. The highest BCUT2D eigenvalue weighted by molar-refractivity contribution is 7.93. The van der Waals surface area contributed by atoms with Crippen LogP contribution in [0.2, 0.25) is 0 Å². The van der Waals surface area contributed by atoms with Crippen molar-refractivity contribution < 1.29 is 13.5 Å². The molecule has 0 aliphatic rings. The first-order valence-electron chi connectivity index (χ1n) is 4.94. The molecule has 0 amide bonds. The lowest BCUT2D eigenvalue weighted by atomic mass is 10.0. The molecular weight excluding hydrogens is 248 g/mol. The van der Waals surface area contributed by atoms with Gasteiger partial charge in [-0.1, -0.05) is 48.9 Å². The summed E-state index contributed by atoms with van der Waals surface area (Å²) in [6, 6.07) is 8.56. The van der Waals surface area contributed by atoms with Gasteiger partial charge < -0.3 is 5.11 Å². The van der Waals surface area contributed by atoms with Crippen molar-refractivity contribution >= 4 is 21.4 Å². The molecule has 0 bridgehead atoms. The van der Waals surface area contributed by atoms with E-state index >= 15 is 0 Å². The van der Waals surface area contributed by atoms with Gasteiger partial charge in [0.15, 0.2) is 14.0 Å². The van der Waals surface area contributed by atoms with Crippen LogP contribution in [0.4, 0.5) is 0 Å². The number of benzene rings is 1. The van der Waals surface area contributed by atoms with Gasteiger partial charge in [-0.15, -0.1) is 0 Å². The van der Waals surface area contributed by atoms with Crippen molar-refractivity contribution in [3.05, 3.63) is 35.9 Å². The molecule has 1 rings (SSSR count). The molecule has 0 heterocycles. The fourth-order valence-electron chi connectivity index (χ4n) is 1.54. The van der Waals surface area contributed by atoms with Crippen LogP contribution in [0.1, 0.15) is 25.0 Å². The van der Waals surface area contributed by atoms with Crippen LogP contribution < -0.4 is 0 Å². The standard InChI is InChI=1S/C11H15ClO3S/c1-3-11(12,16(2,14)15)10(13)9-7-5-4-6-8-9/h4-8,10,13H,3H2,1-2H3/t10-,11-/m0/s1. The van der Waals surface area contributed by atoms with Crippen molar-refractivity contribution in [2.24, 2.45) is 0 Å². The van der Waals surface area contributed by atoms with Crippen molar-refractivity contribution in [1.29, 1.82) is 0 Å². The van der Waals surface area contributed by atoms with Crippen LogP contribution in [-0.2, 0) is 9.84 Å². The summed E-state index contributed by atoms with van der Waals surface area (Å²) < 4.78 is 21.6. The summed E-state index contributed by atoms with van der Waals surface area (Å²) in [5, 5.41) is 10.1. The van der Waals surface area contributed by atoms with E-state index in [1.54, 1.807) is 37.3 Å². The third kappa shape index (κ3) is 2.39. The van der Waals surface area contributed by atoms with Crippen molar-refractivity contribution in [2.45, 2.75) is 23.7 Å². The van der Waals surface area contributed by atoms with Gasteiger partial charge in [-0.3, -0.25) is 0 Å². The van der Waals surface area contributed by atoms with Gasteiger partial charge in [0.05, 0.1) is 0 Å². The summed E-state index contributed by atoms with van der Waals surface area (Å²) in [7, 11) is -3.55. The molecule has 3 nitrogen and oxygen atoms in total. The first kappa shape index (κ1) is 13.5. The van der Waals surface area contributed by atoms with E-state index < -0.39 is 20.1 Å². The van der Waals surface area contributed by atoms with Gasteiger partial charge in [0.1, 0.15) is 6.10 Å². The molecule has 1 aromatic carbocycles. The topological polar surface area (TPSA) is 54.4 Å². The summed E-state index contributed by atoms with van der Waals surface area (Å²) in [6.07, 6.45) is -0.0468. The maximum Gasteiger partial charge on any atom is 0.174 e. The Morgan fingerprint density at radius 3 is 2.25 bits per heavy atom. The van der Waals surface area contributed by atoms with E-state index in [1.165, 1.54) is 0 Å². The quantitative estimate of drug-likeness (QED) is 0.846.